The molecule has 0 amide bonds. The number of fused-ring (bicyclic) bond motifs is 4. The van der Waals surface area contributed by atoms with Gasteiger partial charge in [-0.25, -0.2) is 0 Å². The molecule has 0 aliphatic carbocycles. The predicted octanol–water partition coefficient (Wildman–Crippen LogP) is 3.17. The quantitative estimate of drug-likeness (QED) is 0.681. The standard InChI is InChI=1S/C19H21N3O3/c1-12-14-9-16(13(2)20-12)19-17-10-15(3-4-18(17)21-22-19)25-8-7-23-5-6-24-11-14/h3-4,9-10H,5-8,11H2,1-2H3,(H,21,22). The third-order valence-corrected chi connectivity index (χ3v) is 4.42. The highest BCUT2D eigenvalue weighted by molar-refractivity contribution is 5.94. The Labute approximate surface area is 146 Å². The zero-order valence-corrected chi connectivity index (χ0v) is 14.5. The van der Waals surface area contributed by atoms with Crippen molar-refractivity contribution in [1.29, 1.82) is 0 Å². The Balaban J connectivity index is 1.85. The minimum atomic E-state index is 0.506. The minimum Gasteiger partial charge on any atom is -0.491 e. The summed E-state index contributed by atoms with van der Waals surface area (Å²) in [6.45, 7) is 6.67. The number of benzene rings is 1. The number of rotatable bonds is 0. The van der Waals surface area contributed by atoms with Crippen LogP contribution in [0.25, 0.3) is 22.2 Å². The van der Waals surface area contributed by atoms with Crippen LogP contribution in [0.5, 0.6) is 5.75 Å². The molecule has 1 aromatic carbocycles. The van der Waals surface area contributed by atoms with Gasteiger partial charge in [-0.2, -0.15) is 5.10 Å². The first kappa shape index (κ1) is 16.1. The fraction of sp³-hybridized carbons (Fsp3) is 0.368. The number of ether oxygens (including phenoxy) is 3. The van der Waals surface area contributed by atoms with Crippen molar-refractivity contribution in [1.82, 2.24) is 15.2 Å². The second-order valence-corrected chi connectivity index (χ2v) is 6.16. The maximum absolute atomic E-state index is 5.79. The summed E-state index contributed by atoms with van der Waals surface area (Å²) in [6, 6.07) is 8.07. The van der Waals surface area contributed by atoms with E-state index in [-0.39, 0.29) is 0 Å². The van der Waals surface area contributed by atoms with E-state index in [0.717, 1.165) is 44.9 Å². The summed E-state index contributed by atoms with van der Waals surface area (Å²) in [5, 5.41) is 8.64. The Bertz CT molecular complexity index is 904. The number of hydrogen-bond acceptors (Lipinski definition) is 5. The van der Waals surface area contributed by atoms with Gasteiger partial charge >= 0.3 is 0 Å². The second-order valence-electron chi connectivity index (χ2n) is 6.16. The number of H-pyrrole nitrogens is 1. The van der Waals surface area contributed by atoms with Gasteiger partial charge in [0, 0.05) is 22.3 Å². The molecule has 0 fully saturated rings. The van der Waals surface area contributed by atoms with Crippen molar-refractivity contribution in [2.24, 2.45) is 0 Å². The number of aryl methyl sites for hydroxylation is 2. The molecule has 1 N–H and O–H groups in total. The molecule has 0 spiro atoms. The van der Waals surface area contributed by atoms with Crippen LogP contribution < -0.4 is 4.74 Å². The molecule has 3 aromatic rings. The summed E-state index contributed by atoms with van der Waals surface area (Å²) in [4.78, 5) is 4.69. The lowest BCUT2D eigenvalue weighted by Gasteiger charge is -2.11. The van der Waals surface area contributed by atoms with Crippen molar-refractivity contribution >= 4 is 10.9 Å². The first-order valence-electron chi connectivity index (χ1n) is 8.46. The number of pyridine rings is 1. The zero-order chi connectivity index (χ0) is 17.2. The normalized spacial score (nSPS) is 15.6. The highest BCUT2D eigenvalue weighted by atomic mass is 16.5. The third-order valence-electron chi connectivity index (χ3n) is 4.42. The van der Waals surface area contributed by atoms with Crippen LogP contribution >= 0.6 is 0 Å². The molecule has 0 radical (unpaired) electrons. The van der Waals surface area contributed by atoms with Crippen molar-refractivity contribution in [2.75, 3.05) is 26.4 Å². The summed E-state index contributed by atoms with van der Waals surface area (Å²) in [5.74, 6) is 0.808. The summed E-state index contributed by atoms with van der Waals surface area (Å²) < 4.78 is 17.1. The molecule has 0 saturated heterocycles. The average Bonchev–Trinajstić information content (AvgIpc) is 3.01. The summed E-state index contributed by atoms with van der Waals surface area (Å²) in [5.41, 5.74) is 5.88. The van der Waals surface area contributed by atoms with Gasteiger partial charge in [-0.05, 0) is 43.7 Å². The van der Waals surface area contributed by atoms with Gasteiger partial charge in [-0.15, -0.1) is 0 Å². The van der Waals surface area contributed by atoms with E-state index in [4.69, 9.17) is 19.2 Å². The van der Waals surface area contributed by atoms with Gasteiger partial charge < -0.3 is 14.2 Å². The highest BCUT2D eigenvalue weighted by Gasteiger charge is 2.15. The van der Waals surface area contributed by atoms with Crippen LogP contribution in [-0.2, 0) is 16.1 Å². The Hall–Kier alpha value is -2.44. The van der Waals surface area contributed by atoms with E-state index >= 15 is 0 Å². The molecule has 4 bridgehead atoms. The van der Waals surface area contributed by atoms with Crippen LogP contribution in [0, 0.1) is 13.8 Å². The van der Waals surface area contributed by atoms with Crippen molar-refractivity contribution in [3.8, 4) is 17.0 Å². The summed E-state index contributed by atoms with van der Waals surface area (Å²) >= 11 is 0. The van der Waals surface area contributed by atoms with Gasteiger partial charge in [0.25, 0.3) is 0 Å². The largest absolute Gasteiger partial charge is 0.491 e. The van der Waals surface area contributed by atoms with Crippen LogP contribution in [0.15, 0.2) is 24.3 Å². The molecular weight excluding hydrogens is 318 g/mol. The second kappa shape index (κ2) is 6.82. The molecule has 3 heterocycles. The first-order chi connectivity index (χ1) is 12.2. The van der Waals surface area contributed by atoms with Gasteiger partial charge in [0.2, 0.25) is 0 Å². The van der Waals surface area contributed by atoms with E-state index < -0.39 is 0 Å². The Morgan fingerprint density at radius 1 is 0.960 bits per heavy atom. The minimum absolute atomic E-state index is 0.506. The van der Waals surface area contributed by atoms with Gasteiger partial charge in [0.05, 0.1) is 31.9 Å². The van der Waals surface area contributed by atoms with Crippen LogP contribution in [0.2, 0.25) is 0 Å². The number of aromatic amines is 1. The first-order valence-corrected chi connectivity index (χ1v) is 8.46. The third kappa shape index (κ3) is 3.23. The Kier molecular flexibility index (Phi) is 4.38. The lowest BCUT2D eigenvalue weighted by Crippen LogP contribution is -2.11. The van der Waals surface area contributed by atoms with E-state index in [1.807, 2.05) is 32.0 Å². The fourth-order valence-corrected chi connectivity index (χ4v) is 3.06. The maximum atomic E-state index is 5.79. The molecular formula is C19H21N3O3. The van der Waals surface area contributed by atoms with Crippen molar-refractivity contribution < 1.29 is 14.2 Å². The number of nitrogens with zero attached hydrogens (tertiary/aromatic N) is 2. The molecule has 130 valence electrons. The number of hydrogen-bond donors (Lipinski definition) is 1. The SMILES string of the molecule is Cc1nc(C)c2cc1COCCOCCOc1ccc3[nH]nc-2c3c1. The number of nitrogens with one attached hydrogen (secondary N) is 1. The zero-order valence-electron chi connectivity index (χ0n) is 14.5. The van der Waals surface area contributed by atoms with Crippen LogP contribution in [0.1, 0.15) is 17.0 Å². The van der Waals surface area contributed by atoms with E-state index in [1.54, 1.807) is 0 Å². The Morgan fingerprint density at radius 3 is 2.72 bits per heavy atom. The summed E-state index contributed by atoms with van der Waals surface area (Å²) in [6.07, 6.45) is 0. The van der Waals surface area contributed by atoms with E-state index in [1.165, 1.54) is 0 Å². The van der Waals surface area contributed by atoms with E-state index in [9.17, 15) is 0 Å². The lowest BCUT2D eigenvalue weighted by molar-refractivity contribution is 0.0302. The monoisotopic (exact) mass is 339 g/mol. The van der Waals surface area contributed by atoms with Crippen molar-refractivity contribution in [3.05, 3.63) is 41.2 Å². The topological polar surface area (TPSA) is 69.3 Å². The van der Waals surface area contributed by atoms with E-state index in [0.29, 0.717) is 33.0 Å². The fourth-order valence-electron chi connectivity index (χ4n) is 3.06. The molecule has 4 rings (SSSR count). The smallest absolute Gasteiger partial charge is 0.120 e. The maximum Gasteiger partial charge on any atom is 0.120 e. The van der Waals surface area contributed by atoms with Crippen molar-refractivity contribution in [2.45, 2.75) is 20.5 Å². The van der Waals surface area contributed by atoms with Gasteiger partial charge in [-0.1, -0.05) is 0 Å². The molecule has 2 aromatic heterocycles. The average molecular weight is 339 g/mol. The lowest BCUT2D eigenvalue weighted by atomic mass is 10.0. The summed E-state index contributed by atoms with van der Waals surface area (Å²) in [7, 11) is 0. The molecule has 0 unspecified atom stereocenters. The van der Waals surface area contributed by atoms with Crippen LogP contribution in [-0.4, -0.2) is 41.6 Å². The molecule has 0 atom stereocenters. The van der Waals surface area contributed by atoms with Crippen LogP contribution in [0.4, 0.5) is 0 Å². The Morgan fingerprint density at radius 2 is 1.80 bits per heavy atom. The molecule has 6 nitrogen and oxygen atoms in total. The predicted molar refractivity (Wildman–Crippen MR) is 94.8 cm³/mol. The molecule has 0 saturated carbocycles. The van der Waals surface area contributed by atoms with Gasteiger partial charge in [0.15, 0.2) is 0 Å². The molecule has 6 heteroatoms. The molecule has 1 aliphatic rings. The number of aromatic nitrogens is 3. The van der Waals surface area contributed by atoms with Crippen LogP contribution in [0.3, 0.4) is 0 Å². The van der Waals surface area contributed by atoms with Gasteiger partial charge in [0.1, 0.15) is 18.1 Å². The van der Waals surface area contributed by atoms with E-state index in [2.05, 4.69) is 16.3 Å². The molecule has 1 aliphatic heterocycles. The van der Waals surface area contributed by atoms with Crippen molar-refractivity contribution in [3.63, 3.8) is 0 Å². The molecule has 25 heavy (non-hydrogen) atoms. The highest BCUT2D eigenvalue weighted by Crippen LogP contribution is 2.32. The van der Waals surface area contributed by atoms with Gasteiger partial charge in [-0.3, -0.25) is 10.1 Å².